The Balaban J connectivity index is 2.63. The van der Waals surface area contributed by atoms with E-state index < -0.39 is 17.4 Å². The minimum Gasteiger partial charge on any atom is -0.468 e. The van der Waals surface area contributed by atoms with Gasteiger partial charge in [-0.3, -0.25) is 19.3 Å². The van der Waals surface area contributed by atoms with Crippen molar-refractivity contribution in [1.29, 1.82) is 0 Å². The molecule has 0 bridgehead atoms. The number of hydrogen-bond acceptors (Lipinski definition) is 6. The zero-order valence-electron chi connectivity index (χ0n) is 14.3. The molecule has 0 spiro atoms. The highest BCUT2D eigenvalue weighted by Gasteiger charge is 2.55. The van der Waals surface area contributed by atoms with Crippen LogP contribution in [-0.2, 0) is 23.9 Å². The molecule has 0 amide bonds. The molecule has 1 saturated carbocycles. The summed E-state index contributed by atoms with van der Waals surface area (Å²) in [6, 6.07) is 0. The second kappa shape index (κ2) is 6.28. The molecule has 6 heteroatoms. The molecule has 2 rings (SSSR count). The maximum atomic E-state index is 12.4. The van der Waals surface area contributed by atoms with Crippen molar-refractivity contribution in [3.05, 3.63) is 22.3 Å². The zero-order chi connectivity index (χ0) is 17.4. The number of ketones is 1. The molecule has 0 atom stereocenters. The van der Waals surface area contributed by atoms with Crippen molar-refractivity contribution in [3.63, 3.8) is 0 Å². The molecular weight excluding hydrogens is 298 g/mol. The highest BCUT2D eigenvalue weighted by molar-refractivity contribution is 6.04. The quantitative estimate of drug-likeness (QED) is 0.563. The lowest BCUT2D eigenvalue weighted by Gasteiger charge is -2.22. The Bertz CT molecular complexity index is 613. The van der Waals surface area contributed by atoms with E-state index in [-0.39, 0.29) is 18.6 Å². The number of Topliss-reactive ketones (excluding diaryl/α,β-unsaturated/α-hetero) is 1. The minimum atomic E-state index is -1.39. The number of ether oxygens (including phenoxy) is 2. The summed E-state index contributed by atoms with van der Waals surface area (Å²) in [6.45, 7) is 4.67. The summed E-state index contributed by atoms with van der Waals surface area (Å²) in [5, 5.41) is 0. The third-order valence-corrected chi connectivity index (χ3v) is 4.78. The van der Waals surface area contributed by atoms with Crippen molar-refractivity contribution in [2.24, 2.45) is 5.41 Å². The van der Waals surface area contributed by atoms with E-state index in [1.807, 2.05) is 18.9 Å². The first-order valence-electron chi connectivity index (χ1n) is 7.54. The second-order valence-corrected chi connectivity index (χ2v) is 6.38. The molecule has 1 aliphatic heterocycles. The maximum absolute atomic E-state index is 12.4. The van der Waals surface area contributed by atoms with Crippen LogP contribution in [0.5, 0.6) is 0 Å². The average Bonchev–Trinajstić information content (AvgIpc) is 2.93. The fourth-order valence-electron chi connectivity index (χ4n) is 3.50. The van der Waals surface area contributed by atoms with E-state index in [2.05, 4.69) is 0 Å². The molecule has 6 nitrogen and oxygen atoms in total. The molecule has 0 N–H and O–H groups in total. The average molecular weight is 321 g/mol. The predicted octanol–water partition coefficient (Wildman–Crippen LogP) is 1.26. The summed E-state index contributed by atoms with van der Waals surface area (Å²) >= 11 is 0. The normalized spacial score (nSPS) is 28.0. The van der Waals surface area contributed by atoms with Gasteiger partial charge in [0, 0.05) is 13.0 Å². The lowest BCUT2D eigenvalue weighted by molar-refractivity contribution is -0.168. The van der Waals surface area contributed by atoms with Crippen LogP contribution in [0, 0.1) is 5.41 Å². The van der Waals surface area contributed by atoms with Crippen molar-refractivity contribution >= 4 is 17.7 Å². The largest absolute Gasteiger partial charge is 0.468 e. The molecule has 0 saturated heterocycles. The van der Waals surface area contributed by atoms with Gasteiger partial charge in [-0.15, -0.1) is 0 Å². The highest BCUT2D eigenvalue weighted by atomic mass is 16.5. The first-order chi connectivity index (χ1) is 10.8. The van der Waals surface area contributed by atoms with Crippen LogP contribution < -0.4 is 0 Å². The molecule has 1 fully saturated rings. The van der Waals surface area contributed by atoms with Gasteiger partial charge in [0.2, 0.25) is 0 Å². The number of carbonyl (C=O) groups excluding carboxylic acids is 3. The van der Waals surface area contributed by atoms with Gasteiger partial charge in [-0.2, -0.15) is 0 Å². The summed E-state index contributed by atoms with van der Waals surface area (Å²) in [5.41, 5.74) is 1.97. The van der Waals surface area contributed by atoms with Gasteiger partial charge in [-0.25, -0.2) is 0 Å². The molecule has 0 aromatic heterocycles. The first-order valence-corrected chi connectivity index (χ1v) is 7.54. The van der Waals surface area contributed by atoms with Gasteiger partial charge in [0.25, 0.3) is 0 Å². The Labute approximate surface area is 136 Å². The number of rotatable bonds is 2. The van der Waals surface area contributed by atoms with Crippen LogP contribution in [0.4, 0.5) is 0 Å². The summed E-state index contributed by atoms with van der Waals surface area (Å²) in [6.07, 6.45) is 0.367. The third kappa shape index (κ3) is 2.83. The number of esters is 2. The number of methoxy groups -OCH3 is 2. The fourth-order valence-corrected chi connectivity index (χ4v) is 3.50. The lowest BCUT2D eigenvalue weighted by atomic mass is 9.85. The van der Waals surface area contributed by atoms with E-state index in [1.54, 1.807) is 6.92 Å². The van der Waals surface area contributed by atoms with E-state index in [0.717, 1.165) is 16.7 Å². The van der Waals surface area contributed by atoms with Crippen LogP contribution in [0.25, 0.3) is 0 Å². The van der Waals surface area contributed by atoms with Gasteiger partial charge < -0.3 is 9.47 Å². The number of likely N-dealkylation sites (N-methyl/N-ethyl adjacent to an activating group) is 1. The Hall–Kier alpha value is -1.95. The number of allylic oxidation sites excluding steroid dienone is 2. The molecule has 2 aliphatic rings. The molecular formula is C17H23NO5. The van der Waals surface area contributed by atoms with Crippen molar-refractivity contribution < 1.29 is 23.9 Å². The lowest BCUT2D eigenvalue weighted by Crippen LogP contribution is -2.38. The van der Waals surface area contributed by atoms with E-state index in [9.17, 15) is 14.4 Å². The van der Waals surface area contributed by atoms with Crippen LogP contribution in [0.15, 0.2) is 22.3 Å². The molecule has 23 heavy (non-hydrogen) atoms. The van der Waals surface area contributed by atoms with Gasteiger partial charge in [0.15, 0.2) is 11.2 Å². The van der Waals surface area contributed by atoms with Crippen molar-refractivity contribution in [2.75, 3.05) is 34.4 Å². The Morgan fingerprint density at radius 1 is 1.00 bits per heavy atom. The number of carbonyl (C=O) groups is 3. The Kier molecular flexibility index (Phi) is 4.75. The predicted molar refractivity (Wildman–Crippen MR) is 83.6 cm³/mol. The Morgan fingerprint density at radius 2 is 1.52 bits per heavy atom. The van der Waals surface area contributed by atoms with Crippen LogP contribution in [0.3, 0.4) is 0 Å². The molecule has 1 aliphatic carbocycles. The Morgan fingerprint density at radius 3 is 2.04 bits per heavy atom. The molecule has 0 aromatic carbocycles. The highest BCUT2D eigenvalue weighted by Crippen LogP contribution is 2.49. The molecule has 1 heterocycles. The summed E-state index contributed by atoms with van der Waals surface area (Å²) in [5.74, 6) is -1.21. The van der Waals surface area contributed by atoms with E-state index in [1.165, 1.54) is 14.2 Å². The summed E-state index contributed by atoms with van der Waals surface area (Å²) in [7, 11) is 4.40. The molecule has 126 valence electrons. The van der Waals surface area contributed by atoms with Crippen LogP contribution in [0.1, 0.15) is 26.7 Å². The smallest absolute Gasteiger partial charge is 0.323 e. The number of fused-ring (bicyclic) bond motifs is 1. The first kappa shape index (κ1) is 17.4. The minimum absolute atomic E-state index is 0.0121. The topological polar surface area (TPSA) is 72.9 Å². The molecule has 0 radical (unpaired) electrons. The number of hydrogen-bond donors (Lipinski definition) is 0. The SMILES string of the molecule is COC(=O)C1(C(=O)OC)CC2=C(\C)CN(C)CC(=O)/C(C)=C\2C1. The fraction of sp³-hybridized carbons (Fsp3) is 0.588. The monoisotopic (exact) mass is 321 g/mol. The summed E-state index contributed by atoms with van der Waals surface area (Å²) in [4.78, 5) is 39.0. The van der Waals surface area contributed by atoms with Gasteiger partial charge in [0.05, 0.1) is 20.8 Å². The van der Waals surface area contributed by atoms with Crippen LogP contribution in [0.2, 0.25) is 0 Å². The standard InChI is InChI=1S/C17H23NO5/c1-10-8-18(3)9-14(19)11(2)13-7-17(6-12(10)13,15(20)22-4)16(21)23-5/h6-9H2,1-5H3/b12-10-,13-11-. The van der Waals surface area contributed by atoms with E-state index in [4.69, 9.17) is 9.47 Å². The van der Waals surface area contributed by atoms with Gasteiger partial charge in [-0.05, 0) is 44.0 Å². The van der Waals surface area contributed by atoms with Crippen LogP contribution in [-0.4, -0.2) is 57.0 Å². The second-order valence-electron chi connectivity index (χ2n) is 6.38. The van der Waals surface area contributed by atoms with Crippen LogP contribution >= 0.6 is 0 Å². The van der Waals surface area contributed by atoms with E-state index >= 15 is 0 Å². The van der Waals surface area contributed by atoms with Gasteiger partial charge in [-0.1, -0.05) is 5.57 Å². The zero-order valence-corrected chi connectivity index (χ0v) is 14.3. The van der Waals surface area contributed by atoms with Gasteiger partial charge >= 0.3 is 11.9 Å². The van der Waals surface area contributed by atoms with Crippen molar-refractivity contribution in [1.82, 2.24) is 4.90 Å². The van der Waals surface area contributed by atoms with E-state index in [0.29, 0.717) is 18.7 Å². The third-order valence-electron chi connectivity index (χ3n) is 4.78. The maximum Gasteiger partial charge on any atom is 0.323 e. The van der Waals surface area contributed by atoms with Crippen molar-refractivity contribution in [2.45, 2.75) is 26.7 Å². The van der Waals surface area contributed by atoms with Gasteiger partial charge in [0.1, 0.15) is 0 Å². The van der Waals surface area contributed by atoms with Crippen molar-refractivity contribution in [3.8, 4) is 0 Å². The summed E-state index contributed by atoms with van der Waals surface area (Å²) < 4.78 is 9.73. The number of nitrogens with zero attached hydrogens (tertiary/aromatic N) is 1. The molecule has 0 unspecified atom stereocenters. The molecule has 0 aromatic rings.